The highest BCUT2D eigenvalue weighted by Gasteiger charge is 2.18. The topological polar surface area (TPSA) is 69.7 Å². The maximum atomic E-state index is 12.2. The van der Waals surface area contributed by atoms with Gasteiger partial charge in [0.25, 0.3) is 0 Å². The molecular formula is C22H28BrN3O3S. The van der Waals surface area contributed by atoms with Gasteiger partial charge in [-0.05, 0) is 42.8 Å². The molecule has 0 atom stereocenters. The zero-order valence-electron chi connectivity index (χ0n) is 17.0. The van der Waals surface area contributed by atoms with Crippen LogP contribution < -0.4 is 10.2 Å². The number of amides is 1. The van der Waals surface area contributed by atoms with E-state index in [1.807, 2.05) is 6.07 Å². The highest BCUT2D eigenvalue weighted by atomic mass is 79.9. The fourth-order valence-electron chi connectivity index (χ4n) is 3.54. The lowest BCUT2D eigenvalue weighted by atomic mass is 10.2. The van der Waals surface area contributed by atoms with E-state index in [-0.39, 0.29) is 5.75 Å². The van der Waals surface area contributed by atoms with Gasteiger partial charge in [0.1, 0.15) is 5.75 Å². The smallest absolute Gasteiger partial charge is 0.235 e. The molecule has 1 fully saturated rings. The van der Waals surface area contributed by atoms with Crippen LogP contribution in [0, 0.1) is 0 Å². The van der Waals surface area contributed by atoms with Gasteiger partial charge in [0.2, 0.25) is 5.91 Å². The number of halogens is 1. The van der Waals surface area contributed by atoms with Crippen LogP contribution in [-0.4, -0.2) is 64.2 Å². The normalized spacial score (nSPS) is 15.2. The number of benzene rings is 2. The van der Waals surface area contributed by atoms with Gasteiger partial charge in [-0.15, -0.1) is 0 Å². The summed E-state index contributed by atoms with van der Waals surface area (Å²) >= 11 is 3.32. The van der Waals surface area contributed by atoms with Crippen molar-refractivity contribution in [1.29, 1.82) is 0 Å². The van der Waals surface area contributed by atoms with E-state index in [0.29, 0.717) is 12.1 Å². The summed E-state index contributed by atoms with van der Waals surface area (Å²) in [6, 6.07) is 17.5. The summed E-state index contributed by atoms with van der Waals surface area (Å²) in [5.41, 5.74) is 1.94. The van der Waals surface area contributed by atoms with Crippen LogP contribution >= 0.6 is 15.9 Å². The van der Waals surface area contributed by atoms with Gasteiger partial charge in [-0.25, -0.2) is 8.42 Å². The number of sulfone groups is 1. The van der Waals surface area contributed by atoms with Crippen molar-refractivity contribution in [2.24, 2.45) is 0 Å². The van der Waals surface area contributed by atoms with Gasteiger partial charge >= 0.3 is 0 Å². The molecule has 3 rings (SSSR count). The first-order valence-electron chi connectivity index (χ1n) is 10.2. The number of hydrogen-bond donors (Lipinski definition) is 1. The Morgan fingerprint density at radius 2 is 1.63 bits per heavy atom. The third kappa shape index (κ3) is 7.41. The molecule has 1 aliphatic heterocycles. The second-order valence-corrected chi connectivity index (χ2v) is 10.5. The maximum Gasteiger partial charge on any atom is 0.235 e. The van der Waals surface area contributed by atoms with E-state index >= 15 is 0 Å². The summed E-state index contributed by atoms with van der Waals surface area (Å²) in [7, 11) is -3.48. The summed E-state index contributed by atoms with van der Waals surface area (Å²) in [6.45, 7) is 5.35. The largest absolute Gasteiger partial charge is 0.369 e. The van der Waals surface area contributed by atoms with Crippen LogP contribution in [0.1, 0.15) is 12.0 Å². The average molecular weight is 494 g/mol. The first-order chi connectivity index (χ1) is 14.4. The molecule has 6 nitrogen and oxygen atoms in total. The molecule has 0 spiro atoms. The molecule has 8 heteroatoms. The summed E-state index contributed by atoms with van der Waals surface area (Å²) in [5, 5.41) is 2.75. The zero-order chi connectivity index (χ0) is 21.4. The molecular weight excluding hydrogens is 466 g/mol. The lowest BCUT2D eigenvalue weighted by molar-refractivity contribution is -0.118. The standard InChI is InChI=1S/C22H28BrN3O3S/c23-20-9-7-19(8-10-20)17-30(28,29)18-22(27)24-11-4-12-25-13-15-26(16-14-25)21-5-2-1-3-6-21/h1-3,5-10H,4,11-18H2,(H,24,27). The minimum absolute atomic E-state index is 0.126. The van der Waals surface area contributed by atoms with Crippen LogP contribution in [0.4, 0.5) is 5.69 Å². The molecule has 1 N–H and O–H groups in total. The monoisotopic (exact) mass is 493 g/mol. The fraction of sp³-hybridized carbons (Fsp3) is 0.409. The molecule has 1 saturated heterocycles. The van der Waals surface area contributed by atoms with E-state index in [9.17, 15) is 13.2 Å². The van der Waals surface area contributed by atoms with Gasteiger partial charge in [-0.3, -0.25) is 9.69 Å². The summed E-state index contributed by atoms with van der Waals surface area (Å²) in [6.07, 6.45) is 0.809. The summed E-state index contributed by atoms with van der Waals surface area (Å²) in [4.78, 5) is 16.8. The fourth-order valence-corrected chi connectivity index (χ4v) is 5.10. The molecule has 0 radical (unpaired) electrons. The number of hydrogen-bond acceptors (Lipinski definition) is 5. The molecule has 162 valence electrons. The Labute approximate surface area is 187 Å². The van der Waals surface area contributed by atoms with Gasteiger partial charge in [-0.1, -0.05) is 46.3 Å². The maximum absolute atomic E-state index is 12.2. The number of piperazine rings is 1. The van der Waals surface area contributed by atoms with Crippen LogP contribution in [0.15, 0.2) is 59.1 Å². The Hall–Kier alpha value is -1.90. The molecule has 0 bridgehead atoms. The predicted molar refractivity (Wildman–Crippen MR) is 124 cm³/mol. The van der Waals surface area contributed by atoms with Crippen molar-refractivity contribution in [3.63, 3.8) is 0 Å². The molecule has 0 saturated carbocycles. The van der Waals surface area contributed by atoms with Gasteiger partial charge in [0.15, 0.2) is 9.84 Å². The molecule has 1 heterocycles. The third-order valence-corrected chi connectivity index (χ3v) is 7.12. The number of nitrogens with one attached hydrogen (secondary N) is 1. The Kier molecular flexibility index (Phi) is 8.30. The van der Waals surface area contributed by atoms with E-state index < -0.39 is 21.5 Å². The molecule has 0 aliphatic carbocycles. The van der Waals surface area contributed by atoms with Crippen molar-refractivity contribution in [2.75, 3.05) is 49.9 Å². The second-order valence-electron chi connectivity index (χ2n) is 7.53. The lowest BCUT2D eigenvalue weighted by Crippen LogP contribution is -2.47. The molecule has 1 amide bonds. The quantitative estimate of drug-likeness (QED) is 0.543. The number of carbonyl (C=O) groups is 1. The van der Waals surface area contributed by atoms with Gasteiger partial charge < -0.3 is 10.2 Å². The van der Waals surface area contributed by atoms with Crippen LogP contribution in [0.5, 0.6) is 0 Å². The number of para-hydroxylation sites is 1. The van der Waals surface area contributed by atoms with Gasteiger partial charge in [0, 0.05) is 42.9 Å². The Morgan fingerprint density at radius 3 is 2.30 bits per heavy atom. The number of rotatable bonds is 9. The lowest BCUT2D eigenvalue weighted by Gasteiger charge is -2.36. The van der Waals surface area contributed by atoms with Crippen LogP contribution in [0.2, 0.25) is 0 Å². The first-order valence-corrected chi connectivity index (χ1v) is 12.8. The highest BCUT2D eigenvalue weighted by molar-refractivity contribution is 9.10. The number of anilines is 1. The summed E-state index contributed by atoms with van der Waals surface area (Å²) in [5.74, 6) is -1.03. The van der Waals surface area contributed by atoms with E-state index in [2.05, 4.69) is 55.3 Å². The molecule has 30 heavy (non-hydrogen) atoms. The van der Waals surface area contributed by atoms with Gasteiger partial charge in [0.05, 0.1) is 5.75 Å². The van der Waals surface area contributed by atoms with Crippen LogP contribution in [-0.2, 0) is 20.4 Å². The number of nitrogens with zero attached hydrogens (tertiary/aromatic N) is 2. The number of carbonyl (C=O) groups excluding carboxylic acids is 1. The zero-order valence-corrected chi connectivity index (χ0v) is 19.4. The van der Waals surface area contributed by atoms with Crippen molar-refractivity contribution in [2.45, 2.75) is 12.2 Å². The van der Waals surface area contributed by atoms with Crippen molar-refractivity contribution in [3.8, 4) is 0 Å². The Balaban J connectivity index is 1.31. The average Bonchev–Trinajstić information content (AvgIpc) is 2.73. The van der Waals surface area contributed by atoms with Crippen molar-refractivity contribution < 1.29 is 13.2 Å². The Morgan fingerprint density at radius 1 is 0.967 bits per heavy atom. The van der Waals surface area contributed by atoms with Crippen molar-refractivity contribution in [3.05, 3.63) is 64.6 Å². The molecule has 0 unspecified atom stereocenters. The SMILES string of the molecule is O=C(CS(=O)(=O)Cc1ccc(Br)cc1)NCCCN1CCN(c2ccccc2)CC1. The van der Waals surface area contributed by atoms with E-state index in [0.717, 1.165) is 43.6 Å². The molecule has 1 aliphatic rings. The van der Waals surface area contributed by atoms with Crippen LogP contribution in [0.25, 0.3) is 0 Å². The van der Waals surface area contributed by atoms with Crippen LogP contribution in [0.3, 0.4) is 0 Å². The predicted octanol–water partition coefficient (Wildman–Crippen LogP) is 2.69. The molecule has 2 aromatic carbocycles. The van der Waals surface area contributed by atoms with E-state index in [1.165, 1.54) is 5.69 Å². The molecule has 0 aromatic heterocycles. The van der Waals surface area contributed by atoms with E-state index in [1.54, 1.807) is 24.3 Å². The highest BCUT2D eigenvalue weighted by Crippen LogP contribution is 2.15. The van der Waals surface area contributed by atoms with Crippen molar-refractivity contribution >= 4 is 37.4 Å². The van der Waals surface area contributed by atoms with Gasteiger partial charge in [-0.2, -0.15) is 0 Å². The minimum Gasteiger partial charge on any atom is -0.369 e. The second kappa shape index (κ2) is 10.9. The van der Waals surface area contributed by atoms with E-state index in [4.69, 9.17) is 0 Å². The van der Waals surface area contributed by atoms with Crippen molar-refractivity contribution in [1.82, 2.24) is 10.2 Å². The third-order valence-electron chi connectivity index (χ3n) is 5.12. The Bertz CT molecular complexity index is 912. The summed E-state index contributed by atoms with van der Waals surface area (Å²) < 4.78 is 25.4. The molecule has 2 aromatic rings. The first kappa shape index (κ1) is 22.8. The minimum atomic E-state index is -3.48.